The van der Waals surface area contributed by atoms with Gasteiger partial charge in [0.25, 0.3) is 0 Å². The van der Waals surface area contributed by atoms with Crippen LogP contribution in [0.5, 0.6) is 0 Å². The van der Waals surface area contributed by atoms with Crippen molar-refractivity contribution in [2.75, 3.05) is 33.2 Å². The fourth-order valence-corrected chi connectivity index (χ4v) is 2.96. The van der Waals surface area contributed by atoms with Gasteiger partial charge in [0.1, 0.15) is 0 Å². The summed E-state index contributed by atoms with van der Waals surface area (Å²) in [7, 11) is -1.41. The van der Waals surface area contributed by atoms with E-state index in [1.54, 1.807) is 14.0 Å². The van der Waals surface area contributed by atoms with Crippen molar-refractivity contribution in [3.05, 3.63) is 0 Å². The van der Waals surface area contributed by atoms with Gasteiger partial charge in [-0.25, -0.2) is 13.1 Å². The molecule has 2 N–H and O–H groups in total. The largest absolute Gasteiger partial charge is 0.318 e. The zero-order valence-corrected chi connectivity index (χ0v) is 11.9. The molecule has 0 spiro atoms. The van der Waals surface area contributed by atoms with Crippen molar-refractivity contribution in [2.45, 2.75) is 38.0 Å². The van der Waals surface area contributed by atoms with E-state index in [0.29, 0.717) is 19.1 Å². The third kappa shape index (κ3) is 4.91. The normalized spacial score (nSPS) is 18.6. The molecule has 0 amide bonds. The Labute approximate surface area is 105 Å². The molecule has 0 saturated heterocycles. The fraction of sp³-hybridized carbons (Fsp3) is 1.00. The van der Waals surface area contributed by atoms with Gasteiger partial charge in [-0.2, -0.15) is 0 Å². The first-order chi connectivity index (χ1) is 8.01. The standard InChI is InChI=1S/C11H25N3O2S/c1-4-14(11-5-6-11)8-7-13-17(15,16)10(2)9-12-3/h10-13H,4-9H2,1-3H3. The lowest BCUT2D eigenvalue weighted by atomic mass is 10.4. The minimum atomic E-state index is -3.17. The van der Waals surface area contributed by atoms with E-state index >= 15 is 0 Å². The minimum Gasteiger partial charge on any atom is -0.318 e. The molecule has 0 aromatic rings. The lowest BCUT2D eigenvalue weighted by Crippen LogP contribution is -2.42. The van der Waals surface area contributed by atoms with E-state index in [9.17, 15) is 8.42 Å². The van der Waals surface area contributed by atoms with Crippen LogP contribution >= 0.6 is 0 Å². The minimum absolute atomic E-state index is 0.386. The highest BCUT2D eigenvalue weighted by Gasteiger charge is 2.27. The first-order valence-electron chi connectivity index (χ1n) is 6.38. The Hall–Kier alpha value is -0.170. The van der Waals surface area contributed by atoms with Gasteiger partial charge in [0.15, 0.2) is 0 Å². The molecule has 5 nitrogen and oxygen atoms in total. The molecule has 0 aromatic carbocycles. The lowest BCUT2D eigenvalue weighted by Gasteiger charge is -2.20. The molecule has 0 radical (unpaired) electrons. The quantitative estimate of drug-likeness (QED) is 0.615. The van der Waals surface area contributed by atoms with Crippen molar-refractivity contribution in [3.8, 4) is 0 Å². The van der Waals surface area contributed by atoms with E-state index in [2.05, 4.69) is 21.9 Å². The number of hydrogen-bond donors (Lipinski definition) is 2. The first kappa shape index (κ1) is 14.9. The van der Waals surface area contributed by atoms with E-state index in [1.165, 1.54) is 12.8 Å². The Bertz CT molecular complexity index is 315. The monoisotopic (exact) mass is 263 g/mol. The summed E-state index contributed by atoms with van der Waals surface area (Å²) in [5.41, 5.74) is 0. The molecule has 1 aliphatic rings. The molecule has 1 fully saturated rings. The molecule has 1 aliphatic carbocycles. The fourth-order valence-electron chi connectivity index (χ4n) is 1.91. The van der Waals surface area contributed by atoms with Crippen molar-refractivity contribution in [3.63, 3.8) is 0 Å². The number of sulfonamides is 1. The van der Waals surface area contributed by atoms with Crippen LogP contribution in [0.25, 0.3) is 0 Å². The Balaban J connectivity index is 2.28. The summed E-state index contributed by atoms with van der Waals surface area (Å²) in [5.74, 6) is 0. The van der Waals surface area contributed by atoms with Gasteiger partial charge in [-0.1, -0.05) is 6.92 Å². The summed E-state index contributed by atoms with van der Waals surface area (Å²) in [6.45, 7) is 6.65. The topological polar surface area (TPSA) is 61.4 Å². The summed E-state index contributed by atoms with van der Waals surface area (Å²) in [6, 6.07) is 0.694. The molecule has 1 saturated carbocycles. The van der Waals surface area contributed by atoms with E-state index < -0.39 is 10.0 Å². The zero-order chi connectivity index (χ0) is 12.9. The molecule has 0 heterocycles. The second kappa shape index (κ2) is 6.68. The second-order valence-electron chi connectivity index (χ2n) is 4.67. The summed E-state index contributed by atoms with van der Waals surface area (Å²) < 4.78 is 26.3. The molecule has 17 heavy (non-hydrogen) atoms. The smallest absolute Gasteiger partial charge is 0.215 e. The SMILES string of the molecule is CCN(CCNS(=O)(=O)C(C)CNC)C1CC1. The third-order valence-electron chi connectivity index (χ3n) is 3.19. The lowest BCUT2D eigenvalue weighted by molar-refractivity contribution is 0.282. The van der Waals surface area contributed by atoms with Crippen molar-refractivity contribution in [2.24, 2.45) is 0 Å². The average Bonchev–Trinajstić information content (AvgIpc) is 3.08. The molecular weight excluding hydrogens is 238 g/mol. The van der Waals surface area contributed by atoms with Crippen LogP contribution < -0.4 is 10.0 Å². The number of likely N-dealkylation sites (N-methyl/N-ethyl adjacent to an activating group) is 1. The van der Waals surface area contributed by atoms with Crippen LogP contribution in [0.4, 0.5) is 0 Å². The van der Waals surface area contributed by atoms with Crippen molar-refractivity contribution < 1.29 is 8.42 Å². The second-order valence-corrected chi connectivity index (χ2v) is 6.85. The van der Waals surface area contributed by atoms with Gasteiger partial charge < -0.3 is 5.32 Å². The highest BCUT2D eigenvalue weighted by molar-refractivity contribution is 7.90. The zero-order valence-electron chi connectivity index (χ0n) is 11.1. The summed E-state index contributed by atoms with van der Waals surface area (Å²) >= 11 is 0. The van der Waals surface area contributed by atoms with Crippen LogP contribution in [-0.4, -0.2) is 57.8 Å². The van der Waals surface area contributed by atoms with Gasteiger partial charge in [0, 0.05) is 25.7 Å². The van der Waals surface area contributed by atoms with E-state index in [-0.39, 0.29) is 5.25 Å². The molecule has 0 bridgehead atoms. The maximum Gasteiger partial charge on any atom is 0.215 e. The van der Waals surface area contributed by atoms with Crippen LogP contribution in [0.3, 0.4) is 0 Å². The van der Waals surface area contributed by atoms with Crippen LogP contribution in [0.15, 0.2) is 0 Å². The molecule has 0 aromatic heterocycles. The predicted molar refractivity (Wildman–Crippen MR) is 70.6 cm³/mol. The van der Waals surface area contributed by atoms with Crippen molar-refractivity contribution >= 4 is 10.0 Å². The van der Waals surface area contributed by atoms with Gasteiger partial charge in [-0.3, -0.25) is 4.90 Å². The number of rotatable bonds is 9. The Morgan fingerprint density at radius 3 is 2.53 bits per heavy atom. The average molecular weight is 263 g/mol. The Morgan fingerprint density at radius 2 is 2.06 bits per heavy atom. The van der Waals surface area contributed by atoms with Crippen molar-refractivity contribution in [1.82, 2.24) is 14.9 Å². The van der Waals surface area contributed by atoms with Gasteiger partial charge in [-0.15, -0.1) is 0 Å². The maximum absolute atomic E-state index is 11.8. The Morgan fingerprint density at radius 1 is 1.41 bits per heavy atom. The maximum atomic E-state index is 11.8. The molecular formula is C11H25N3O2S. The van der Waals surface area contributed by atoms with Crippen molar-refractivity contribution in [1.29, 1.82) is 0 Å². The van der Waals surface area contributed by atoms with Gasteiger partial charge >= 0.3 is 0 Å². The summed E-state index contributed by atoms with van der Waals surface area (Å²) in [5, 5.41) is 2.50. The molecule has 1 rings (SSSR count). The van der Waals surface area contributed by atoms with E-state index in [1.807, 2.05) is 0 Å². The van der Waals surface area contributed by atoms with E-state index in [4.69, 9.17) is 0 Å². The molecule has 0 aliphatic heterocycles. The molecule has 102 valence electrons. The van der Waals surface area contributed by atoms with Gasteiger partial charge in [-0.05, 0) is 33.4 Å². The van der Waals surface area contributed by atoms with Crippen LogP contribution in [0.1, 0.15) is 26.7 Å². The van der Waals surface area contributed by atoms with Crippen LogP contribution in [0, 0.1) is 0 Å². The summed E-state index contributed by atoms with van der Waals surface area (Å²) in [4.78, 5) is 2.34. The highest BCUT2D eigenvalue weighted by atomic mass is 32.2. The number of hydrogen-bond acceptors (Lipinski definition) is 4. The molecule has 1 unspecified atom stereocenters. The molecule has 6 heteroatoms. The molecule has 1 atom stereocenters. The third-order valence-corrected chi connectivity index (χ3v) is 5.03. The van der Waals surface area contributed by atoms with E-state index in [0.717, 1.165) is 13.1 Å². The van der Waals surface area contributed by atoms with Crippen LogP contribution in [-0.2, 0) is 10.0 Å². The summed E-state index contributed by atoms with van der Waals surface area (Å²) in [6.07, 6.45) is 2.52. The number of nitrogens with zero attached hydrogens (tertiary/aromatic N) is 1. The first-order valence-corrected chi connectivity index (χ1v) is 7.93. The van der Waals surface area contributed by atoms with Crippen LogP contribution in [0.2, 0.25) is 0 Å². The Kier molecular flexibility index (Phi) is 5.85. The van der Waals surface area contributed by atoms with Gasteiger partial charge in [0.05, 0.1) is 5.25 Å². The highest BCUT2D eigenvalue weighted by Crippen LogP contribution is 2.25. The van der Waals surface area contributed by atoms with Gasteiger partial charge in [0.2, 0.25) is 10.0 Å². The predicted octanol–water partition coefficient (Wildman–Crippen LogP) is -0.00200. The number of nitrogens with one attached hydrogen (secondary N) is 2.